The summed E-state index contributed by atoms with van der Waals surface area (Å²) in [7, 11) is 3.77. The Balaban J connectivity index is 1.37. The summed E-state index contributed by atoms with van der Waals surface area (Å²) < 4.78 is 1.83. The molecular weight excluding hydrogens is 306 g/mol. The zero-order valence-electron chi connectivity index (χ0n) is 14.6. The highest BCUT2D eigenvalue weighted by atomic mass is 16.2. The molecular formula is C17H27N5O2. The number of carbonyl (C=O) groups excluding carboxylic acids is 2. The first-order chi connectivity index (χ1) is 11.5. The maximum atomic E-state index is 12.3. The van der Waals surface area contributed by atoms with Crippen LogP contribution < -0.4 is 5.32 Å². The normalized spacial score (nSPS) is 22.2. The molecule has 3 rings (SSSR count). The number of nitrogens with zero attached hydrogens (tertiary/aromatic N) is 4. The molecule has 0 aliphatic carbocycles. The fraction of sp³-hybridized carbons (Fsp3) is 0.706. The number of hydrogen-bond donors (Lipinski definition) is 1. The zero-order chi connectivity index (χ0) is 17.1. The van der Waals surface area contributed by atoms with Crippen LogP contribution in [0.4, 0.5) is 4.79 Å². The molecule has 1 N–H and O–H groups in total. The SMILES string of the molecule is CN1CC(CCNC(=O)N2CCC(c3ccn(C)n3)CC2)CC1=O. The van der Waals surface area contributed by atoms with Gasteiger partial charge < -0.3 is 15.1 Å². The third-order valence-electron chi connectivity index (χ3n) is 5.18. The molecule has 0 radical (unpaired) electrons. The largest absolute Gasteiger partial charge is 0.345 e. The molecule has 2 aliphatic rings. The van der Waals surface area contributed by atoms with Gasteiger partial charge in [-0.05, 0) is 31.2 Å². The van der Waals surface area contributed by atoms with Crippen LogP contribution in [-0.4, -0.2) is 64.7 Å². The number of amides is 3. The lowest BCUT2D eigenvalue weighted by molar-refractivity contribution is -0.126. The smallest absolute Gasteiger partial charge is 0.317 e. The van der Waals surface area contributed by atoms with E-state index in [1.54, 1.807) is 4.90 Å². The first kappa shape index (κ1) is 16.8. The number of carbonyl (C=O) groups is 2. The quantitative estimate of drug-likeness (QED) is 0.899. The van der Waals surface area contributed by atoms with E-state index in [0.717, 1.165) is 44.6 Å². The highest BCUT2D eigenvalue weighted by molar-refractivity contribution is 5.78. The van der Waals surface area contributed by atoms with Crippen LogP contribution >= 0.6 is 0 Å². The number of aryl methyl sites for hydroxylation is 1. The summed E-state index contributed by atoms with van der Waals surface area (Å²) >= 11 is 0. The van der Waals surface area contributed by atoms with Crippen molar-refractivity contribution in [3.63, 3.8) is 0 Å². The van der Waals surface area contributed by atoms with E-state index >= 15 is 0 Å². The molecule has 0 spiro atoms. The Morgan fingerprint density at radius 1 is 1.33 bits per heavy atom. The highest BCUT2D eigenvalue weighted by Gasteiger charge is 2.27. The lowest BCUT2D eigenvalue weighted by atomic mass is 9.94. The van der Waals surface area contributed by atoms with E-state index in [4.69, 9.17) is 0 Å². The van der Waals surface area contributed by atoms with Crippen LogP contribution in [0, 0.1) is 5.92 Å². The Morgan fingerprint density at radius 2 is 2.08 bits per heavy atom. The Kier molecular flexibility index (Phi) is 5.06. The Hall–Kier alpha value is -2.05. The van der Waals surface area contributed by atoms with Gasteiger partial charge in [0.2, 0.25) is 5.91 Å². The van der Waals surface area contributed by atoms with E-state index in [-0.39, 0.29) is 11.9 Å². The minimum atomic E-state index is 0.0205. The van der Waals surface area contributed by atoms with E-state index in [9.17, 15) is 9.59 Å². The van der Waals surface area contributed by atoms with Crippen LogP contribution in [0.2, 0.25) is 0 Å². The van der Waals surface area contributed by atoms with Gasteiger partial charge in [0.05, 0.1) is 5.69 Å². The molecule has 3 amide bonds. The molecule has 7 heteroatoms. The van der Waals surface area contributed by atoms with Crippen molar-refractivity contribution >= 4 is 11.9 Å². The fourth-order valence-corrected chi connectivity index (χ4v) is 3.67. The predicted octanol–water partition coefficient (Wildman–Crippen LogP) is 1.18. The molecule has 2 saturated heterocycles. The number of urea groups is 1. The number of aromatic nitrogens is 2. The predicted molar refractivity (Wildman–Crippen MR) is 90.5 cm³/mol. The van der Waals surface area contributed by atoms with Crippen molar-refractivity contribution in [1.82, 2.24) is 24.9 Å². The number of hydrogen-bond acceptors (Lipinski definition) is 3. The third-order valence-corrected chi connectivity index (χ3v) is 5.18. The van der Waals surface area contributed by atoms with Gasteiger partial charge in [-0.15, -0.1) is 0 Å². The summed E-state index contributed by atoms with van der Waals surface area (Å²) in [5.74, 6) is 1.04. The molecule has 0 saturated carbocycles. The summed E-state index contributed by atoms with van der Waals surface area (Å²) in [6, 6.07) is 2.09. The molecule has 2 fully saturated rings. The van der Waals surface area contributed by atoms with E-state index in [2.05, 4.69) is 16.5 Å². The Labute approximate surface area is 143 Å². The standard InChI is InChI=1S/C17H27N5O2/c1-20-12-13(11-16(20)23)3-7-18-17(24)22-9-4-14(5-10-22)15-6-8-21(2)19-15/h6,8,13-14H,3-5,7,9-12H2,1-2H3,(H,18,24). The van der Waals surface area contributed by atoms with Gasteiger partial charge in [-0.2, -0.15) is 5.10 Å². The zero-order valence-corrected chi connectivity index (χ0v) is 14.6. The summed E-state index contributed by atoms with van der Waals surface area (Å²) in [4.78, 5) is 27.4. The van der Waals surface area contributed by atoms with E-state index in [1.807, 2.05) is 29.9 Å². The van der Waals surface area contributed by atoms with Gasteiger partial charge in [0, 0.05) is 58.8 Å². The van der Waals surface area contributed by atoms with Gasteiger partial charge in [-0.1, -0.05) is 0 Å². The molecule has 3 heterocycles. The molecule has 0 aromatic carbocycles. The van der Waals surface area contributed by atoms with Crippen LogP contribution in [0.25, 0.3) is 0 Å². The van der Waals surface area contributed by atoms with E-state index in [0.29, 0.717) is 24.8 Å². The van der Waals surface area contributed by atoms with Crippen molar-refractivity contribution in [3.8, 4) is 0 Å². The fourth-order valence-electron chi connectivity index (χ4n) is 3.67. The van der Waals surface area contributed by atoms with Crippen molar-refractivity contribution in [2.24, 2.45) is 13.0 Å². The molecule has 1 atom stereocenters. The van der Waals surface area contributed by atoms with Gasteiger partial charge in [0.25, 0.3) is 0 Å². The summed E-state index contributed by atoms with van der Waals surface area (Å²) in [6.45, 7) is 3.00. The monoisotopic (exact) mass is 333 g/mol. The van der Waals surface area contributed by atoms with Crippen LogP contribution in [0.1, 0.15) is 37.3 Å². The van der Waals surface area contributed by atoms with E-state index in [1.165, 1.54) is 0 Å². The van der Waals surface area contributed by atoms with Crippen molar-refractivity contribution in [2.45, 2.75) is 31.6 Å². The Morgan fingerprint density at radius 3 is 2.67 bits per heavy atom. The second-order valence-electron chi connectivity index (χ2n) is 7.04. The minimum Gasteiger partial charge on any atom is -0.345 e. The number of likely N-dealkylation sites (tertiary alicyclic amines) is 2. The second kappa shape index (κ2) is 7.23. The maximum absolute atomic E-state index is 12.3. The molecule has 0 bridgehead atoms. The van der Waals surface area contributed by atoms with Crippen molar-refractivity contribution in [3.05, 3.63) is 18.0 Å². The van der Waals surface area contributed by atoms with Crippen molar-refractivity contribution < 1.29 is 9.59 Å². The topological polar surface area (TPSA) is 70.5 Å². The van der Waals surface area contributed by atoms with Crippen LogP contribution in [0.5, 0.6) is 0 Å². The number of piperidine rings is 1. The minimum absolute atomic E-state index is 0.0205. The molecule has 1 unspecified atom stereocenters. The van der Waals surface area contributed by atoms with Gasteiger partial charge in [0.15, 0.2) is 0 Å². The summed E-state index contributed by atoms with van der Waals surface area (Å²) in [6.07, 6.45) is 5.38. The molecule has 1 aromatic rings. The van der Waals surface area contributed by atoms with Crippen LogP contribution in [0.3, 0.4) is 0 Å². The third kappa shape index (κ3) is 3.88. The average molecular weight is 333 g/mol. The average Bonchev–Trinajstić information content (AvgIpc) is 3.13. The Bertz CT molecular complexity index is 592. The van der Waals surface area contributed by atoms with Gasteiger partial charge in [0.1, 0.15) is 0 Å². The molecule has 2 aliphatic heterocycles. The van der Waals surface area contributed by atoms with Crippen LogP contribution in [0.15, 0.2) is 12.3 Å². The summed E-state index contributed by atoms with van der Waals surface area (Å²) in [5, 5.41) is 7.48. The van der Waals surface area contributed by atoms with Crippen molar-refractivity contribution in [1.29, 1.82) is 0 Å². The number of nitrogens with one attached hydrogen (secondary N) is 1. The number of rotatable bonds is 4. The van der Waals surface area contributed by atoms with Gasteiger partial charge in [-0.25, -0.2) is 4.79 Å². The summed E-state index contributed by atoms with van der Waals surface area (Å²) in [5.41, 5.74) is 1.13. The first-order valence-electron chi connectivity index (χ1n) is 8.79. The molecule has 132 valence electrons. The van der Waals surface area contributed by atoms with E-state index < -0.39 is 0 Å². The van der Waals surface area contributed by atoms with Gasteiger partial charge in [-0.3, -0.25) is 9.48 Å². The lowest BCUT2D eigenvalue weighted by Crippen LogP contribution is -2.44. The highest BCUT2D eigenvalue weighted by Crippen LogP contribution is 2.26. The second-order valence-corrected chi connectivity index (χ2v) is 7.04. The molecule has 24 heavy (non-hydrogen) atoms. The molecule has 7 nitrogen and oxygen atoms in total. The first-order valence-corrected chi connectivity index (χ1v) is 8.79. The lowest BCUT2D eigenvalue weighted by Gasteiger charge is -2.31. The maximum Gasteiger partial charge on any atom is 0.317 e. The molecule has 1 aromatic heterocycles. The van der Waals surface area contributed by atoms with Gasteiger partial charge >= 0.3 is 6.03 Å². The van der Waals surface area contributed by atoms with Crippen LogP contribution in [-0.2, 0) is 11.8 Å². The van der Waals surface area contributed by atoms with Crippen molar-refractivity contribution in [2.75, 3.05) is 33.2 Å².